The van der Waals surface area contributed by atoms with E-state index in [1.165, 1.54) is 18.3 Å². The van der Waals surface area contributed by atoms with Crippen LogP contribution in [0.5, 0.6) is 0 Å². The predicted molar refractivity (Wildman–Crippen MR) is 73.7 cm³/mol. The lowest BCUT2D eigenvalue weighted by Crippen LogP contribution is -2.13. The molecule has 0 radical (unpaired) electrons. The van der Waals surface area contributed by atoms with Crippen LogP contribution >= 0.6 is 22.9 Å². The fourth-order valence-electron chi connectivity index (χ4n) is 1.52. The fraction of sp³-hybridized carbons (Fsp3) is 0.0769. The van der Waals surface area contributed by atoms with Gasteiger partial charge in [-0.2, -0.15) is 0 Å². The molecule has 0 aliphatic rings. The third-order valence-electron chi connectivity index (χ3n) is 2.35. The van der Waals surface area contributed by atoms with Crippen LogP contribution in [0.3, 0.4) is 0 Å². The van der Waals surface area contributed by atoms with Gasteiger partial charge in [-0.15, -0.1) is 11.3 Å². The van der Waals surface area contributed by atoms with E-state index >= 15 is 0 Å². The van der Waals surface area contributed by atoms with Crippen LogP contribution in [0.2, 0.25) is 5.02 Å². The van der Waals surface area contributed by atoms with Crippen molar-refractivity contribution in [3.63, 3.8) is 0 Å². The van der Waals surface area contributed by atoms with E-state index in [2.05, 4.69) is 5.32 Å². The van der Waals surface area contributed by atoms with Crippen molar-refractivity contribution in [2.75, 3.05) is 5.32 Å². The summed E-state index contributed by atoms with van der Waals surface area (Å²) in [5, 5.41) is 4.99. The highest BCUT2D eigenvalue weighted by Crippen LogP contribution is 2.23. The van der Waals surface area contributed by atoms with E-state index in [4.69, 9.17) is 11.6 Å². The van der Waals surface area contributed by atoms with Crippen molar-refractivity contribution in [3.8, 4) is 0 Å². The molecule has 18 heavy (non-hydrogen) atoms. The number of benzene rings is 1. The molecule has 0 fully saturated rings. The molecular formula is C13H10ClNO2S. The van der Waals surface area contributed by atoms with Crippen molar-refractivity contribution >= 4 is 40.3 Å². The van der Waals surface area contributed by atoms with Gasteiger partial charge in [-0.1, -0.05) is 17.7 Å². The van der Waals surface area contributed by atoms with E-state index in [-0.39, 0.29) is 11.7 Å². The number of rotatable bonds is 3. The molecule has 0 saturated heterocycles. The van der Waals surface area contributed by atoms with Crippen molar-refractivity contribution in [2.45, 2.75) is 6.92 Å². The minimum atomic E-state index is -0.241. The lowest BCUT2D eigenvalue weighted by atomic mass is 10.1. The number of carbonyl (C=O) groups excluding carboxylic acids is 2. The summed E-state index contributed by atoms with van der Waals surface area (Å²) >= 11 is 7.21. The van der Waals surface area contributed by atoms with Crippen LogP contribution in [0.15, 0.2) is 35.7 Å². The number of hydrogen-bond donors (Lipinski definition) is 1. The lowest BCUT2D eigenvalue weighted by molar-refractivity contribution is 0.101. The van der Waals surface area contributed by atoms with Crippen molar-refractivity contribution in [1.82, 2.24) is 0 Å². The van der Waals surface area contributed by atoms with E-state index in [9.17, 15) is 9.59 Å². The molecule has 0 aliphatic carbocycles. The monoisotopic (exact) mass is 279 g/mol. The molecule has 1 amide bonds. The van der Waals surface area contributed by atoms with Crippen LogP contribution < -0.4 is 5.32 Å². The largest absolute Gasteiger partial charge is 0.321 e. The van der Waals surface area contributed by atoms with Gasteiger partial charge in [0.25, 0.3) is 5.91 Å². The topological polar surface area (TPSA) is 46.2 Å². The van der Waals surface area contributed by atoms with Crippen LogP contribution in [-0.4, -0.2) is 11.7 Å². The summed E-state index contributed by atoms with van der Waals surface area (Å²) in [6.45, 7) is 1.45. The zero-order valence-electron chi connectivity index (χ0n) is 9.57. The minimum Gasteiger partial charge on any atom is -0.321 e. The lowest BCUT2D eigenvalue weighted by Gasteiger charge is -2.08. The van der Waals surface area contributed by atoms with Gasteiger partial charge < -0.3 is 5.32 Å². The molecule has 0 saturated carbocycles. The van der Waals surface area contributed by atoms with E-state index in [1.807, 2.05) is 5.38 Å². The first-order chi connectivity index (χ1) is 8.58. The number of hydrogen-bond acceptors (Lipinski definition) is 3. The van der Waals surface area contributed by atoms with Gasteiger partial charge in [-0.05, 0) is 36.6 Å². The van der Waals surface area contributed by atoms with Crippen molar-refractivity contribution in [1.29, 1.82) is 0 Å². The molecule has 0 atom stereocenters. The molecule has 92 valence electrons. The number of ketones is 1. The smallest absolute Gasteiger partial charge is 0.265 e. The summed E-state index contributed by atoms with van der Waals surface area (Å²) in [6.07, 6.45) is 0. The number of nitrogens with one attached hydrogen (secondary N) is 1. The maximum atomic E-state index is 11.9. The molecule has 0 aliphatic heterocycles. The van der Waals surface area contributed by atoms with Crippen LogP contribution in [0.4, 0.5) is 5.69 Å². The SMILES string of the molecule is CC(=O)c1ccc(Cl)cc1NC(=O)c1cccs1. The van der Waals surface area contributed by atoms with Crippen molar-refractivity contribution < 1.29 is 9.59 Å². The summed E-state index contributed by atoms with van der Waals surface area (Å²) in [6, 6.07) is 8.32. The molecule has 0 spiro atoms. The molecule has 0 unspecified atom stereocenters. The third kappa shape index (κ3) is 2.78. The Kier molecular flexibility index (Phi) is 3.79. The van der Waals surface area contributed by atoms with Crippen LogP contribution in [0.25, 0.3) is 0 Å². The average molecular weight is 280 g/mol. The summed E-state index contributed by atoms with van der Waals surface area (Å²) < 4.78 is 0. The molecule has 2 aromatic rings. The van der Waals surface area contributed by atoms with E-state index in [1.54, 1.807) is 30.3 Å². The summed E-state index contributed by atoms with van der Waals surface area (Å²) in [5.74, 6) is -0.358. The highest BCUT2D eigenvalue weighted by Gasteiger charge is 2.12. The molecule has 1 aromatic carbocycles. The number of anilines is 1. The summed E-state index contributed by atoms with van der Waals surface area (Å²) in [7, 11) is 0. The van der Waals surface area contributed by atoms with Gasteiger partial charge in [0, 0.05) is 10.6 Å². The van der Waals surface area contributed by atoms with Crippen molar-refractivity contribution in [3.05, 3.63) is 51.2 Å². The van der Waals surface area contributed by atoms with Gasteiger partial charge in [0.05, 0.1) is 10.6 Å². The predicted octanol–water partition coefficient (Wildman–Crippen LogP) is 3.86. The number of Topliss-reactive ketones (excluding diaryl/α,β-unsaturated/α-hetero) is 1. The van der Waals surface area contributed by atoms with Gasteiger partial charge in [-0.25, -0.2) is 0 Å². The standard InChI is InChI=1S/C13H10ClNO2S/c1-8(16)10-5-4-9(14)7-11(10)15-13(17)12-3-2-6-18-12/h2-7H,1H3,(H,15,17). The second-order valence-electron chi connectivity index (χ2n) is 3.68. The van der Waals surface area contributed by atoms with Gasteiger partial charge in [0.1, 0.15) is 0 Å². The van der Waals surface area contributed by atoms with E-state index in [0.29, 0.717) is 21.2 Å². The molecule has 1 N–H and O–H groups in total. The Morgan fingerprint density at radius 3 is 2.67 bits per heavy atom. The van der Waals surface area contributed by atoms with E-state index in [0.717, 1.165) is 0 Å². The molecule has 2 rings (SSSR count). The fourth-order valence-corrected chi connectivity index (χ4v) is 2.31. The zero-order chi connectivity index (χ0) is 13.1. The normalized spacial score (nSPS) is 10.1. The van der Waals surface area contributed by atoms with Gasteiger partial charge in [-0.3, -0.25) is 9.59 Å². The first-order valence-corrected chi connectivity index (χ1v) is 6.49. The van der Waals surface area contributed by atoms with Crippen LogP contribution in [-0.2, 0) is 0 Å². The average Bonchev–Trinajstić information content (AvgIpc) is 2.81. The van der Waals surface area contributed by atoms with Crippen molar-refractivity contribution in [2.24, 2.45) is 0 Å². The van der Waals surface area contributed by atoms with E-state index < -0.39 is 0 Å². The van der Waals surface area contributed by atoms with Gasteiger partial charge in [0.15, 0.2) is 5.78 Å². The zero-order valence-corrected chi connectivity index (χ0v) is 11.1. The van der Waals surface area contributed by atoms with Crippen LogP contribution in [0.1, 0.15) is 27.0 Å². The summed E-state index contributed by atoms with van der Waals surface area (Å²) in [5.41, 5.74) is 0.887. The Bertz CT molecular complexity index is 593. The number of amides is 1. The first kappa shape index (κ1) is 12.8. The highest BCUT2D eigenvalue weighted by atomic mass is 35.5. The maximum Gasteiger partial charge on any atom is 0.265 e. The second-order valence-corrected chi connectivity index (χ2v) is 5.06. The van der Waals surface area contributed by atoms with Gasteiger partial charge in [0.2, 0.25) is 0 Å². The molecule has 5 heteroatoms. The summed E-state index contributed by atoms with van der Waals surface area (Å²) in [4.78, 5) is 23.9. The second kappa shape index (κ2) is 5.33. The number of halogens is 1. The molecule has 1 heterocycles. The molecular weight excluding hydrogens is 270 g/mol. The molecule has 3 nitrogen and oxygen atoms in total. The van der Waals surface area contributed by atoms with Gasteiger partial charge >= 0.3 is 0 Å². The number of carbonyl (C=O) groups is 2. The van der Waals surface area contributed by atoms with Crippen LogP contribution in [0, 0.1) is 0 Å². The Labute approximate surface area is 113 Å². The quantitative estimate of drug-likeness (QED) is 0.867. The molecule has 1 aromatic heterocycles. The minimum absolute atomic E-state index is 0.117. The molecule has 0 bridgehead atoms. The Morgan fingerprint density at radius 1 is 1.28 bits per heavy atom. The Morgan fingerprint density at radius 2 is 2.06 bits per heavy atom. The Balaban J connectivity index is 2.31. The highest BCUT2D eigenvalue weighted by molar-refractivity contribution is 7.12. The Hall–Kier alpha value is -1.65. The third-order valence-corrected chi connectivity index (χ3v) is 3.46. The maximum absolute atomic E-state index is 11.9. The first-order valence-electron chi connectivity index (χ1n) is 5.23. The number of thiophene rings is 1.